The van der Waals surface area contributed by atoms with E-state index in [1.165, 1.54) is 18.5 Å². The number of hydrogen-bond donors (Lipinski definition) is 2. The molecule has 1 atom stereocenters. The summed E-state index contributed by atoms with van der Waals surface area (Å²) in [6.45, 7) is 2.13. The van der Waals surface area contributed by atoms with Crippen LogP contribution >= 0.6 is 0 Å². The number of benzene rings is 1. The van der Waals surface area contributed by atoms with Gasteiger partial charge in [0.15, 0.2) is 0 Å². The lowest BCUT2D eigenvalue weighted by Gasteiger charge is -2.35. The third-order valence-corrected chi connectivity index (χ3v) is 3.79. The van der Waals surface area contributed by atoms with Crippen molar-refractivity contribution in [2.24, 2.45) is 0 Å². The van der Waals surface area contributed by atoms with Crippen molar-refractivity contribution in [1.29, 1.82) is 0 Å². The first-order valence-electron chi connectivity index (χ1n) is 6.21. The first kappa shape index (κ1) is 10.6. The van der Waals surface area contributed by atoms with Crippen LogP contribution < -0.4 is 15.1 Å². The molecule has 0 aliphatic carbocycles. The maximum atomic E-state index is 9.98. The minimum Gasteiger partial charge on any atom is -0.506 e. The molecule has 2 aliphatic rings. The topological polar surface area (TPSA) is 38.7 Å². The smallest absolute Gasteiger partial charge is 0.141 e. The SMILES string of the molecule is CN(C)c1cc2c(cc1O)NC[C@@H]1CCCN21. The highest BCUT2D eigenvalue weighted by molar-refractivity contribution is 5.81. The van der Waals surface area contributed by atoms with E-state index in [0.717, 1.165) is 24.5 Å². The largest absolute Gasteiger partial charge is 0.506 e. The Bertz CT molecular complexity index is 445. The summed E-state index contributed by atoms with van der Waals surface area (Å²) >= 11 is 0. The summed E-state index contributed by atoms with van der Waals surface area (Å²) in [6, 6.07) is 4.57. The first-order valence-corrected chi connectivity index (χ1v) is 6.21. The molecule has 92 valence electrons. The Morgan fingerprint density at radius 2 is 2.24 bits per heavy atom. The molecule has 2 N–H and O–H groups in total. The number of fused-ring (bicyclic) bond motifs is 3. The Kier molecular flexibility index (Phi) is 2.31. The molecule has 0 spiro atoms. The molecule has 0 amide bonds. The quantitative estimate of drug-likeness (QED) is 0.776. The lowest BCUT2D eigenvalue weighted by atomic mass is 10.1. The van der Waals surface area contributed by atoms with Crippen molar-refractivity contribution in [3.05, 3.63) is 12.1 Å². The minimum absolute atomic E-state index is 0.346. The van der Waals surface area contributed by atoms with Crippen LogP contribution in [-0.2, 0) is 0 Å². The second-order valence-electron chi connectivity index (χ2n) is 5.12. The molecular formula is C13H19N3O. The lowest BCUT2D eigenvalue weighted by molar-refractivity contribution is 0.475. The molecule has 0 saturated carbocycles. The number of nitrogens with zero attached hydrogens (tertiary/aromatic N) is 2. The molecule has 1 saturated heterocycles. The van der Waals surface area contributed by atoms with Crippen molar-refractivity contribution >= 4 is 17.1 Å². The van der Waals surface area contributed by atoms with Crippen LogP contribution in [0, 0.1) is 0 Å². The zero-order chi connectivity index (χ0) is 12.0. The number of aromatic hydroxyl groups is 1. The van der Waals surface area contributed by atoms with Gasteiger partial charge in [-0.1, -0.05) is 0 Å². The Hall–Kier alpha value is -1.58. The van der Waals surface area contributed by atoms with E-state index in [1.54, 1.807) is 0 Å². The highest BCUT2D eigenvalue weighted by atomic mass is 16.3. The van der Waals surface area contributed by atoms with Gasteiger partial charge in [0.1, 0.15) is 5.75 Å². The normalized spacial score (nSPS) is 21.8. The highest BCUT2D eigenvalue weighted by Crippen LogP contribution is 2.42. The Morgan fingerprint density at radius 1 is 1.41 bits per heavy atom. The van der Waals surface area contributed by atoms with E-state index in [4.69, 9.17) is 0 Å². The number of phenols is 1. The van der Waals surface area contributed by atoms with E-state index in [1.807, 2.05) is 25.1 Å². The van der Waals surface area contributed by atoms with Crippen molar-refractivity contribution < 1.29 is 5.11 Å². The third kappa shape index (κ3) is 1.59. The van der Waals surface area contributed by atoms with Gasteiger partial charge in [0.25, 0.3) is 0 Å². The van der Waals surface area contributed by atoms with Crippen LogP contribution in [0.5, 0.6) is 5.75 Å². The minimum atomic E-state index is 0.346. The van der Waals surface area contributed by atoms with Gasteiger partial charge in [-0.2, -0.15) is 0 Å². The fourth-order valence-electron chi connectivity index (χ4n) is 2.90. The van der Waals surface area contributed by atoms with Gasteiger partial charge >= 0.3 is 0 Å². The van der Waals surface area contributed by atoms with Crippen molar-refractivity contribution in [2.45, 2.75) is 18.9 Å². The van der Waals surface area contributed by atoms with Gasteiger partial charge in [-0.05, 0) is 18.9 Å². The van der Waals surface area contributed by atoms with Crippen LogP contribution in [0.15, 0.2) is 12.1 Å². The van der Waals surface area contributed by atoms with Crippen LogP contribution in [0.1, 0.15) is 12.8 Å². The van der Waals surface area contributed by atoms with Crippen molar-refractivity contribution in [3.63, 3.8) is 0 Å². The summed E-state index contributed by atoms with van der Waals surface area (Å²) in [5, 5.41) is 13.4. The molecule has 4 heteroatoms. The molecule has 4 nitrogen and oxygen atoms in total. The third-order valence-electron chi connectivity index (χ3n) is 3.79. The van der Waals surface area contributed by atoms with Crippen LogP contribution in [0.25, 0.3) is 0 Å². The standard InChI is InChI=1S/C13H19N3O/c1-15(2)12-7-11-10(6-13(12)17)14-8-9-4-3-5-16(9)11/h6-7,9,14,17H,3-5,8H2,1-2H3/t9-/m0/s1. The summed E-state index contributed by atoms with van der Waals surface area (Å²) in [7, 11) is 3.92. The van der Waals surface area contributed by atoms with Gasteiger partial charge in [0.05, 0.1) is 17.1 Å². The van der Waals surface area contributed by atoms with Crippen LogP contribution in [0.3, 0.4) is 0 Å². The molecule has 2 heterocycles. The van der Waals surface area contributed by atoms with Gasteiger partial charge in [0.2, 0.25) is 0 Å². The summed E-state index contributed by atoms with van der Waals surface area (Å²) in [6.07, 6.45) is 2.54. The molecular weight excluding hydrogens is 214 g/mol. The van der Waals surface area contributed by atoms with Crippen molar-refractivity contribution in [1.82, 2.24) is 0 Å². The van der Waals surface area contributed by atoms with Gasteiger partial charge in [0, 0.05) is 39.3 Å². The van der Waals surface area contributed by atoms with Crippen LogP contribution in [0.4, 0.5) is 17.1 Å². The average molecular weight is 233 g/mol. The molecule has 0 aromatic heterocycles. The molecule has 3 rings (SSSR count). The number of phenolic OH excluding ortho intramolecular Hbond substituents is 1. The van der Waals surface area contributed by atoms with Gasteiger partial charge in [-0.15, -0.1) is 0 Å². The predicted molar refractivity (Wildman–Crippen MR) is 71.3 cm³/mol. The molecule has 0 radical (unpaired) electrons. The maximum absolute atomic E-state index is 9.98. The monoisotopic (exact) mass is 233 g/mol. The Labute approximate surface area is 102 Å². The number of anilines is 3. The van der Waals surface area contributed by atoms with E-state index in [0.29, 0.717) is 11.8 Å². The maximum Gasteiger partial charge on any atom is 0.141 e. The molecule has 17 heavy (non-hydrogen) atoms. The summed E-state index contributed by atoms with van der Waals surface area (Å²) in [5.74, 6) is 0.346. The molecule has 1 fully saturated rings. The first-order chi connectivity index (χ1) is 8.16. The van der Waals surface area contributed by atoms with E-state index in [9.17, 15) is 5.11 Å². The number of hydrogen-bond acceptors (Lipinski definition) is 4. The fourth-order valence-corrected chi connectivity index (χ4v) is 2.90. The molecule has 2 aliphatic heterocycles. The molecule has 0 bridgehead atoms. The van der Waals surface area contributed by atoms with Crippen LogP contribution in [-0.4, -0.2) is 38.3 Å². The zero-order valence-corrected chi connectivity index (χ0v) is 10.4. The number of rotatable bonds is 1. The molecule has 1 aromatic carbocycles. The van der Waals surface area contributed by atoms with Gasteiger partial charge < -0.3 is 20.2 Å². The molecule has 0 unspecified atom stereocenters. The second-order valence-corrected chi connectivity index (χ2v) is 5.12. The highest BCUT2D eigenvalue weighted by Gasteiger charge is 2.30. The summed E-state index contributed by atoms with van der Waals surface area (Å²) < 4.78 is 0. The summed E-state index contributed by atoms with van der Waals surface area (Å²) in [5.41, 5.74) is 3.18. The average Bonchev–Trinajstić information content (AvgIpc) is 2.75. The number of nitrogens with one attached hydrogen (secondary N) is 1. The Balaban J connectivity index is 2.07. The molecule has 1 aromatic rings. The predicted octanol–water partition coefficient (Wildman–Crippen LogP) is 1.85. The van der Waals surface area contributed by atoms with Gasteiger partial charge in [-0.25, -0.2) is 0 Å². The lowest BCUT2D eigenvalue weighted by Crippen LogP contribution is -2.39. The van der Waals surface area contributed by atoms with E-state index >= 15 is 0 Å². The van der Waals surface area contributed by atoms with Crippen molar-refractivity contribution in [3.8, 4) is 5.75 Å². The van der Waals surface area contributed by atoms with E-state index in [-0.39, 0.29) is 0 Å². The van der Waals surface area contributed by atoms with E-state index < -0.39 is 0 Å². The van der Waals surface area contributed by atoms with E-state index in [2.05, 4.69) is 16.3 Å². The zero-order valence-electron chi connectivity index (χ0n) is 10.4. The Morgan fingerprint density at radius 3 is 3.00 bits per heavy atom. The fraction of sp³-hybridized carbons (Fsp3) is 0.538. The van der Waals surface area contributed by atoms with Crippen molar-refractivity contribution in [2.75, 3.05) is 42.3 Å². The van der Waals surface area contributed by atoms with Crippen LogP contribution in [0.2, 0.25) is 0 Å². The summed E-state index contributed by atoms with van der Waals surface area (Å²) in [4.78, 5) is 4.42. The second kappa shape index (κ2) is 3.72. The van der Waals surface area contributed by atoms with Gasteiger partial charge in [-0.3, -0.25) is 0 Å².